The van der Waals surface area contributed by atoms with Crippen LogP contribution in [0.4, 0.5) is 5.69 Å². The van der Waals surface area contributed by atoms with Crippen molar-refractivity contribution in [2.45, 2.75) is 34.3 Å². The van der Waals surface area contributed by atoms with Crippen molar-refractivity contribution in [1.82, 2.24) is 0 Å². The molecule has 1 N–H and O–H groups in total. The lowest BCUT2D eigenvalue weighted by atomic mass is 10.1. The molecule has 3 aromatic carbocycles. The smallest absolute Gasteiger partial charge is 0.255 e. The van der Waals surface area contributed by atoms with Crippen molar-refractivity contribution >= 4 is 11.6 Å². The molecule has 0 saturated heterocycles. The zero-order valence-corrected chi connectivity index (χ0v) is 17.4. The number of ether oxygens (including phenoxy) is 2. The summed E-state index contributed by atoms with van der Waals surface area (Å²) in [5, 5.41) is 2.93. The highest BCUT2D eigenvalue weighted by Crippen LogP contribution is 2.24. The summed E-state index contributed by atoms with van der Waals surface area (Å²) >= 11 is 0. The summed E-state index contributed by atoms with van der Waals surface area (Å²) in [7, 11) is 0. The van der Waals surface area contributed by atoms with Crippen molar-refractivity contribution in [3.05, 3.63) is 88.5 Å². The number of benzene rings is 3. The second-order valence-corrected chi connectivity index (χ2v) is 7.11. The molecule has 4 heteroatoms. The van der Waals surface area contributed by atoms with E-state index in [9.17, 15) is 4.79 Å². The van der Waals surface area contributed by atoms with E-state index < -0.39 is 0 Å². The van der Waals surface area contributed by atoms with Crippen LogP contribution in [0.2, 0.25) is 0 Å². The Kier molecular flexibility index (Phi) is 6.55. The molecule has 0 radical (unpaired) electrons. The van der Waals surface area contributed by atoms with Gasteiger partial charge in [0, 0.05) is 16.8 Å². The minimum absolute atomic E-state index is 0.163. The van der Waals surface area contributed by atoms with E-state index in [0.29, 0.717) is 18.8 Å². The van der Waals surface area contributed by atoms with Gasteiger partial charge in [-0.2, -0.15) is 0 Å². The number of hydrogen-bond acceptors (Lipinski definition) is 3. The Bertz CT molecular complexity index is 993. The molecule has 0 heterocycles. The maximum atomic E-state index is 12.7. The van der Waals surface area contributed by atoms with Gasteiger partial charge < -0.3 is 14.8 Å². The maximum Gasteiger partial charge on any atom is 0.255 e. The minimum atomic E-state index is -0.163. The summed E-state index contributed by atoms with van der Waals surface area (Å²) in [6, 6.07) is 19.2. The largest absolute Gasteiger partial charge is 0.493 e. The summed E-state index contributed by atoms with van der Waals surface area (Å²) in [5.74, 6) is 1.36. The van der Waals surface area contributed by atoms with Gasteiger partial charge in [-0.25, -0.2) is 0 Å². The zero-order chi connectivity index (χ0) is 20.8. The molecule has 3 rings (SSSR count). The lowest BCUT2D eigenvalue weighted by molar-refractivity contribution is 0.102. The highest BCUT2D eigenvalue weighted by atomic mass is 16.5. The Labute approximate surface area is 172 Å². The fourth-order valence-corrected chi connectivity index (χ4v) is 2.93. The molecule has 29 heavy (non-hydrogen) atoms. The lowest BCUT2D eigenvalue weighted by Gasteiger charge is -2.14. The van der Waals surface area contributed by atoms with Crippen LogP contribution in [0, 0.1) is 20.8 Å². The average molecular weight is 389 g/mol. The highest BCUT2D eigenvalue weighted by molar-refractivity contribution is 6.04. The van der Waals surface area contributed by atoms with E-state index in [4.69, 9.17) is 9.47 Å². The summed E-state index contributed by atoms with van der Waals surface area (Å²) in [4.78, 5) is 12.7. The van der Waals surface area contributed by atoms with E-state index in [2.05, 4.69) is 19.2 Å². The normalized spacial score (nSPS) is 10.5. The molecule has 0 aromatic heterocycles. The summed E-state index contributed by atoms with van der Waals surface area (Å²) < 4.78 is 11.7. The molecule has 0 aliphatic heterocycles. The third-order valence-electron chi connectivity index (χ3n) is 4.80. The molecule has 150 valence electrons. The van der Waals surface area contributed by atoms with Crippen molar-refractivity contribution < 1.29 is 14.3 Å². The Morgan fingerprint density at radius 2 is 1.62 bits per heavy atom. The van der Waals surface area contributed by atoms with Crippen LogP contribution in [0.5, 0.6) is 11.5 Å². The number of carbonyl (C=O) groups is 1. The topological polar surface area (TPSA) is 47.6 Å². The van der Waals surface area contributed by atoms with Crippen LogP contribution in [0.1, 0.15) is 39.5 Å². The van der Waals surface area contributed by atoms with Gasteiger partial charge in [0.15, 0.2) is 0 Å². The molecule has 0 saturated carbocycles. The van der Waals surface area contributed by atoms with Crippen molar-refractivity contribution in [3.63, 3.8) is 0 Å². The number of aryl methyl sites for hydroxylation is 3. The van der Waals surface area contributed by atoms with E-state index in [1.165, 1.54) is 11.1 Å². The van der Waals surface area contributed by atoms with Crippen LogP contribution in [0.25, 0.3) is 0 Å². The first kappa shape index (κ1) is 20.5. The molecule has 0 aliphatic carbocycles. The predicted octanol–water partition coefficient (Wildman–Crippen LogP) is 5.84. The monoisotopic (exact) mass is 389 g/mol. The van der Waals surface area contributed by atoms with E-state index in [0.717, 1.165) is 28.3 Å². The van der Waals surface area contributed by atoms with E-state index in [1.807, 2.05) is 68.4 Å². The van der Waals surface area contributed by atoms with Crippen LogP contribution in [-0.4, -0.2) is 12.5 Å². The molecule has 1 amide bonds. The standard InChI is InChI=1S/C25H27NO3/c1-5-28-24-13-9-20(25(27)26-22-10-6-17(2)7-11-22)15-21(24)16-29-23-12-8-18(3)19(4)14-23/h6-15H,5,16H2,1-4H3,(H,26,27). The molecule has 0 aliphatic rings. The average Bonchev–Trinajstić information content (AvgIpc) is 2.71. The molecule has 0 unspecified atom stereocenters. The SMILES string of the molecule is CCOc1ccc(C(=O)Nc2ccc(C)cc2)cc1COc1ccc(C)c(C)c1. The fraction of sp³-hybridized carbons (Fsp3) is 0.240. The van der Waals surface area contributed by atoms with E-state index in [1.54, 1.807) is 6.07 Å². The molecule has 4 nitrogen and oxygen atoms in total. The third kappa shape index (κ3) is 5.38. The number of anilines is 1. The predicted molar refractivity (Wildman–Crippen MR) is 117 cm³/mol. The number of nitrogens with one attached hydrogen (secondary N) is 1. The third-order valence-corrected chi connectivity index (χ3v) is 4.80. The minimum Gasteiger partial charge on any atom is -0.493 e. The Hall–Kier alpha value is -3.27. The van der Waals surface area contributed by atoms with Crippen molar-refractivity contribution in [2.75, 3.05) is 11.9 Å². The lowest BCUT2D eigenvalue weighted by Crippen LogP contribution is -2.13. The van der Waals surface area contributed by atoms with E-state index in [-0.39, 0.29) is 5.91 Å². The van der Waals surface area contributed by atoms with Gasteiger partial charge in [-0.3, -0.25) is 4.79 Å². The Morgan fingerprint density at radius 3 is 2.31 bits per heavy atom. The number of amides is 1. The fourth-order valence-electron chi connectivity index (χ4n) is 2.93. The van der Waals surface area contributed by atoms with Crippen LogP contribution in [0.15, 0.2) is 60.7 Å². The van der Waals surface area contributed by atoms with Gasteiger partial charge in [-0.1, -0.05) is 23.8 Å². The quantitative estimate of drug-likeness (QED) is 0.552. The maximum absolute atomic E-state index is 12.7. The van der Waals surface area contributed by atoms with Gasteiger partial charge in [0.05, 0.1) is 6.61 Å². The van der Waals surface area contributed by atoms with Gasteiger partial charge in [-0.15, -0.1) is 0 Å². The Balaban J connectivity index is 1.78. The van der Waals surface area contributed by atoms with Gasteiger partial charge in [0.2, 0.25) is 0 Å². The number of hydrogen-bond donors (Lipinski definition) is 1. The van der Waals surface area contributed by atoms with Crippen molar-refractivity contribution in [2.24, 2.45) is 0 Å². The molecule has 0 fully saturated rings. The molecule has 0 atom stereocenters. The van der Waals surface area contributed by atoms with Crippen LogP contribution in [0.3, 0.4) is 0 Å². The first-order chi connectivity index (χ1) is 14.0. The second kappa shape index (κ2) is 9.28. The van der Waals surface area contributed by atoms with Gasteiger partial charge >= 0.3 is 0 Å². The highest BCUT2D eigenvalue weighted by Gasteiger charge is 2.12. The molecule has 0 bridgehead atoms. The van der Waals surface area contributed by atoms with E-state index >= 15 is 0 Å². The zero-order valence-electron chi connectivity index (χ0n) is 17.4. The summed E-state index contributed by atoms with van der Waals surface area (Å²) in [5.41, 5.74) is 5.72. The number of rotatable bonds is 7. The van der Waals surface area contributed by atoms with Crippen molar-refractivity contribution in [3.8, 4) is 11.5 Å². The Morgan fingerprint density at radius 1 is 0.862 bits per heavy atom. The molecule has 0 spiro atoms. The first-order valence-electron chi connectivity index (χ1n) is 9.80. The molecular formula is C25H27NO3. The first-order valence-corrected chi connectivity index (χ1v) is 9.80. The molecule has 3 aromatic rings. The van der Waals surface area contributed by atoms with Gasteiger partial charge in [-0.05, 0) is 81.3 Å². The summed E-state index contributed by atoms with van der Waals surface area (Å²) in [6.45, 7) is 8.95. The second-order valence-electron chi connectivity index (χ2n) is 7.11. The van der Waals surface area contributed by atoms with Crippen molar-refractivity contribution in [1.29, 1.82) is 0 Å². The van der Waals surface area contributed by atoms with Crippen LogP contribution >= 0.6 is 0 Å². The summed E-state index contributed by atoms with van der Waals surface area (Å²) in [6.07, 6.45) is 0. The number of carbonyl (C=O) groups excluding carboxylic acids is 1. The van der Waals surface area contributed by atoms with Crippen LogP contribution in [-0.2, 0) is 6.61 Å². The van der Waals surface area contributed by atoms with Gasteiger partial charge in [0.25, 0.3) is 5.91 Å². The van der Waals surface area contributed by atoms with Crippen LogP contribution < -0.4 is 14.8 Å². The van der Waals surface area contributed by atoms with Gasteiger partial charge in [0.1, 0.15) is 18.1 Å². The molecular weight excluding hydrogens is 362 g/mol.